The van der Waals surface area contributed by atoms with Crippen LogP contribution in [0.2, 0.25) is 0 Å². The zero-order chi connectivity index (χ0) is 22.3. The summed E-state index contributed by atoms with van der Waals surface area (Å²) in [6.45, 7) is 3.62. The molecule has 31 heavy (non-hydrogen) atoms. The van der Waals surface area contributed by atoms with Crippen molar-refractivity contribution >= 4 is 28.4 Å². The number of nitrogens with two attached hydrogens (primary N) is 1. The quantitative estimate of drug-likeness (QED) is 0.463. The first kappa shape index (κ1) is 20.4. The minimum atomic E-state index is -1.74. The van der Waals surface area contributed by atoms with Crippen LogP contribution in [0.15, 0.2) is 42.7 Å². The molecule has 1 amide bonds. The predicted molar refractivity (Wildman–Crippen MR) is 110 cm³/mol. The number of aliphatic hydroxyl groups is 1. The van der Waals surface area contributed by atoms with Gasteiger partial charge < -0.3 is 16.2 Å². The van der Waals surface area contributed by atoms with Gasteiger partial charge in [0.15, 0.2) is 11.9 Å². The second-order valence-electron chi connectivity index (χ2n) is 7.05. The highest BCUT2D eigenvalue weighted by atomic mass is 19.1. The van der Waals surface area contributed by atoms with Crippen molar-refractivity contribution in [2.75, 3.05) is 11.1 Å². The van der Waals surface area contributed by atoms with E-state index in [9.17, 15) is 18.7 Å². The maximum Gasteiger partial charge on any atom is 0.257 e. The summed E-state index contributed by atoms with van der Waals surface area (Å²) in [5.74, 6) is -2.30. The van der Waals surface area contributed by atoms with Gasteiger partial charge in [0.05, 0.1) is 11.4 Å². The lowest BCUT2D eigenvalue weighted by molar-refractivity contribution is -0.124. The molecule has 4 rings (SSSR count). The van der Waals surface area contributed by atoms with Gasteiger partial charge in [-0.05, 0) is 55.3 Å². The Morgan fingerprint density at radius 1 is 1.13 bits per heavy atom. The molecule has 0 unspecified atom stereocenters. The van der Waals surface area contributed by atoms with Gasteiger partial charge in [0, 0.05) is 11.8 Å². The molecule has 2 aromatic carbocycles. The molecule has 0 aliphatic carbocycles. The molecule has 4 aromatic rings. The molecule has 0 bridgehead atoms. The molecule has 2 aromatic heterocycles. The summed E-state index contributed by atoms with van der Waals surface area (Å²) < 4.78 is 28.4. The van der Waals surface area contributed by atoms with Crippen molar-refractivity contribution in [1.29, 1.82) is 0 Å². The van der Waals surface area contributed by atoms with E-state index in [1.165, 1.54) is 6.33 Å². The highest BCUT2D eigenvalue weighted by Gasteiger charge is 2.20. The van der Waals surface area contributed by atoms with E-state index in [0.717, 1.165) is 17.7 Å². The van der Waals surface area contributed by atoms with Crippen LogP contribution in [0.1, 0.15) is 22.9 Å². The fourth-order valence-electron chi connectivity index (χ4n) is 3.35. The van der Waals surface area contributed by atoms with Crippen molar-refractivity contribution in [3.63, 3.8) is 0 Å². The molecule has 0 fully saturated rings. The SMILES string of the molecule is Cc1cc(NC(=O)[C@H](O)c2cc(F)cc(F)c2)ccc1-n1nc(C)c2ncnc(N)c21. The third kappa shape index (κ3) is 3.80. The van der Waals surface area contributed by atoms with E-state index in [-0.39, 0.29) is 11.4 Å². The number of benzene rings is 2. The molecule has 10 heteroatoms. The van der Waals surface area contributed by atoms with E-state index in [1.807, 2.05) is 13.8 Å². The van der Waals surface area contributed by atoms with Gasteiger partial charge in [0.1, 0.15) is 29.0 Å². The second-order valence-corrected chi connectivity index (χ2v) is 7.05. The molecule has 4 N–H and O–H groups in total. The molecule has 0 aliphatic rings. The average Bonchev–Trinajstić information content (AvgIpc) is 3.04. The van der Waals surface area contributed by atoms with Gasteiger partial charge in [-0.3, -0.25) is 4.79 Å². The lowest BCUT2D eigenvalue weighted by atomic mass is 10.1. The smallest absolute Gasteiger partial charge is 0.257 e. The molecule has 0 spiro atoms. The zero-order valence-corrected chi connectivity index (χ0v) is 16.6. The molecule has 0 saturated heterocycles. The molecule has 2 heterocycles. The number of carbonyl (C=O) groups excluding carboxylic acids is 1. The number of carbonyl (C=O) groups is 1. The van der Waals surface area contributed by atoms with Gasteiger partial charge in [-0.2, -0.15) is 5.10 Å². The third-order valence-electron chi connectivity index (χ3n) is 4.80. The monoisotopic (exact) mass is 424 g/mol. The summed E-state index contributed by atoms with van der Waals surface area (Å²) in [4.78, 5) is 20.6. The van der Waals surface area contributed by atoms with Crippen molar-refractivity contribution in [3.8, 4) is 5.69 Å². The maximum atomic E-state index is 13.4. The molecule has 0 radical (unpaired) electrons. The molecule has 8 nitrogen and oxygen atoms in total. The average molecular weight is 424 g/mol. The highest BCUT2D eigenvalue weighted by Crippen LogP contribution is 2.27. The first-order valence-electron chi connectivity index (χ1n) is 9.26. The first-order chi connectivity index (χ1) is 14.7. The maximum absolute atomic E-state index is 13.4. The minimum Gasteiger partial charge on any atom is -0.382 e. The van der Waals surface area contributed by atoms with E-state index in [1.54, 1.807) is 22.9 Å². The standard InChI is InChI=1S/C21H18F2N6O2/c1-10-5-15(27-21(31)19(30)12-6-13(22)8-14(23)7-12)3-4-16(10)29-18-17(11(2)28-29)25-9-26-20(18)24/h3-9,19,30H,1-2H3,(H,27,31)(H2,24,25,26)/t19-/m1/s1. The number of halogens is 2. The fourth-order valence-corrected chi connectivity index (χ4v) is 3.35. The Morgan fingerprint density at radius 3 is 2.52 bits per heavy atom. The van der Waals surface area contributed by atoms with Crippen molar-refractivity contribution < 1.29 is 18.7 Å². The lowest BCUT2D eigenvalue weighted by Gasteiger charge is -2.14. The predicted octanol–water partition coefficient (Wildman–Crippen LogP) is 2.96. The van der Waals surface area contributed by atoms with Crippen LogP contribution in [-0.4, -0.2) is 30.8 Å². The zero-order valence-electron chi connectivity index (χ0n) is 16.6. The Bertz CT molecular complexity index is 1300. The fraction of sp³-hybridized carbons (Fsp3) is 0.143. The van der Waals surface area contributed by atoms with Crippen LogP contribution in [0.3, 0.4) is 0 Å². The van der Waals surface area contributed by atoms with Crippen molar-refractivity contribution in [3.05, 3.63) is 71.2 Å². The number of aryl methyl sites for hydroxylation is 2. The van der Waals surface area contributed by atoms with E-state index in [0.29, 0.717) is 34.2 Å². The molecule has 1 atom stereocenters. The lowest BCUT2D eigenvalue weighted by Crippen LogP contribution is -2.21. The Morgan fingerprint density at radius 2 is 1.84 bits per heavy atom. The minimum absolute atomic E-state index is 0.183. The molecule has 0 saturated carbocycles. The normalized spacial score (nSPS) is 12.2. The topological polar surface area (TPSA) is 119 Å². The van der Waals surface area contributed by atoms with Gasteiger partial charge in [-0.1, -0.05) is 0 Å². The van der Waals surface area contributed by atoms with Crippen LogP contribution in [0.5, 0.6) is 0 Å². The summed E-state index contributed by atoms with van der Waals surface area (Å²) in [5.41, 5.74) is 9.56. The van der Waals surface area contributed by atoms with Crippen molar-refractivity contribution in [2.45, 2.75) is 20.0 Å². The Hall–Kier alpha value is -3.92. The number of nitrogen functional groups attached to an aromatic ring is 1. The van der Waals surface area contributed by atoms with Gasteiger partial charge in [0.2, 0.25) is 0 Å². The Labute approximate surface area is 175 Å². The molecular weight excluding hydrogens is 406 g/mol. The van der Waals surface area contributed by atoms with E-state index in [4.69, 9.17) is 5.73 Å². The van der Waals surface area contributed by atoms with Gasteiger partial charge in [0.25, 0.3) is 5.91 Å². The summed E-state index contributed by atoms with van der Waals surface area (Å²) >= 11 is 0. The van der Waals surface area contributed by atoms with Crippen molar-refractivity contribution in [1.82, 2.24) is 19.7 Å². The van der Waals surface area contributed by atoms with Crippen LogP contribution < -0.4 is 11.1 Å². The van der Waals surface area contributed by atoms with Gasteiger partial charge >= 0.3 is 0 Å². The van der Waals surface area contributed by atoms with E-state index >= 15 is 0 Å². The van der Waals surface area contributed by atoms with Crippen LogP contribution in [0.4, 0.5) is 20.3 Å². The molecule has 158 valence electrons. The highest BCUT2D eigenvalue weighted by molar-refractivity contribution is 5.95. The Kier molecular flexibility index (Phi) is 5.07. The summed E-state index contributed by atoms with van der Waals surface area (Å²) in [6.07, 6.45) is -0.363. The van der Waals surface area contributed by atoms with Crippen LogP contribution in [-0.2, 0) is 4.79 Å². The number of aliphatic hydroxyl groups excluding tert-OH is 1. The van der Waals surface area contributed by atoms with E-state index in [2.05, 4.69) is 20.4 Å². The second kappa shape index (κ2) is 7.73. The number of amides is 1. The third-order valence-corrected chi connectivity index (χ3v) is 4.80. The van der Waals surface area contributed by atoms with Crippen LogP contribution in [0.25, 0.3) is 16.7 Å². The van der Waals surface area contributed by atoms with Gasteiger partial charge in [-0.25, -0.2) is 23.4 Å². The molecule has 0 aliphatic heterocycles. The molecular formula is C21H18F2N6O2. The number of aromatic nitrogens is 4. The number of hydrogen-bond donors (Lipinski definition) is 3. The number of fused-ring (bicyclic) bond motifs is 1. The number of rotatable bonds is 4. The van der Waals surface area contributed by atoms with E-state index < -0.39 is 23.6 Å². The van der Waals surface area contributed by atoms with Crippen molar-refractivity contribution in [2.24, 2.45) is 0 Å². The first-order valence-corrected chi connectivity index (χ1v) is 9.26. The Balaban J connectivity index is 1.62. The number of anilines is 2. The van der Waals surface area contributed by atoms with Gasteiger partial charge in [-0.15, -0.1) is 0 Å². The largest absolute Gasteiger partial charge is 0.382 e. The summed E-state index contributed by atoms with van der Waals surface area (Å²) in [6, 6.07) is 7.47. The number of nitrogens with zero attached hydrogens (tertiary/aromatic N) is 4. The van der Waals surface area contributed by atoms with Crippen LogP contribution >= 0.6 is 0 Å². The summed E-state index contributed by atoms with van der Waals surface area (Å²) in [7, 11) is 0. The number of hydrogen-bond acceptors (Lipinski definition) is 6. The number of nitrogens with one attached hydrogen (secondary N) is 1. The van der Waals surface area contributed by atoms with Crippen LogP contribution in [0, 0.1) is 25.5 Å². The summed E-state index contributed by atoms with van der Waals surface area (Å²) in [5, 5.41) is 17.2.